The van der Waals surface area contributed by atoms with Crippen LogP contribution < -0.4 is 5.32 Å². The second-order valence-electron chi connectivity index (χ2n) is 12.4. The van der Waals surface area contributed by atoms with Crippen molar-refractivity contribution < 1.29 is 29.3 Å². The van der Waals surface area contributed by atoms with Crippen LogP contribution in [0.2, 0.25) is 0 Å². The van der Waals surface area contributed by atoms with Crippen LogP contribution in [-0.2, 0) is 38.8 Å². The highest BCUT2D eigenvalue weighted by molar-refractivity contribution is 5.76. The van der Waals surface area contributed by atoms with E-state index in [4.69, 9.17) is 14.6 Å². The number of hydrogen-bond acceptors (Lipinski definition) is 6. The molecule has 47 heavy (non-hydrogen) atoms. The molecule has 1 aliphatic heterocycles. The summed E-state index contributed by atoms with van der Waals surface area (Å²) in [7, 11) is 2.12. The Labute approximate surface area is 277 Å². The summed E-state index contributed by atoms with van der Waals surface area (Å²) in [6.45, 7) is 4.07. The molecular weight excluding hydrogens is 592 g/mol. The van der Waals surface area contributed by atoms with Gasteiger partial charge in [-0.2, -0.15) is 0 Å². The van der Waals surface area contributed by atoms with Crippen molar-refractivity contribution in [3.63, 3.8) is 0 Å². The highest BCUT2D eigenvalue weighted by atomic mass is 16.7. The van der Waals surface area contributed by atoms with E-state index in [0.29, 0.717) is 13.0 Å². The number of aliphatic hydroxyl groups excluding tert-OH is 1. The molecule has 0 radical (unpaired) electrons. The Morgan fingerprint density at radius 1 is 0.787 bits per heavy atom. The molecule has 0 saturated carbocycles. The topological polar surface area (TPSA) is 108 Å². The normalized spacial score (nSPS) is 19.4. The fourth-order valence-corrected chi connectivity index (χ4v) is 6.01. The van der Waals surface area contributed by atoms with Crippen LogP contribution in [0.3, 0.4) is 0 Å². The van der Waals surface area contributed by atoms with Crippen LogP contribution in [0.15, 0.2) is 103 Å². The van der Waals surface area contributed by atoms with Crippen molar-refractivity contribution in [2.45, 2.75) is 64.4 Å². The number of carboxylic acids is 1. The molecule has 8 nitrogen and oxygen atoms in total. The molecule has 1 heterocycles. The average molecular weight is 637 g/mol. The zero-order valence-electron chi connectivity index (χ0n) is 27.0. The lowest BCUT2D eigenvalue weighted by molar-refractivity contribution is -0.276. The maximum absolute atomic E-state index is 12.2. The van der Waals surface area contributed by atoms with E-state index in [1.54, 1.807) is 0 Å². The Bertz CT molecular complexity index is 1610. The largest absolute Gasteiger partial charge is 0.481 e. The van der Waals surface area contributed by atoms with Crippen molar-refractivity contribution in [3.8, 4) is 11.1 Å². The van der Waals surface area contributed by atoms with E-state index in [9.17, 15) is 14.7 Å². The van der Waals surface area contributed by atoms with Gasteiger partial charge in [0.15, 0.2) is 6.29 Å². The number of rotatable bonds is 14. The first-order valence-electron chi connectivity index (χ1n) is 16.2. The van der Waals surface area contributed by atoms with Crippen molar-refractivity contribution >= 4 is 11.9 Å². The number of carbonyl (C=O) groups excluding carboxylic acids is 1. The Kier molecular flexibility index (Phi) is 11.9. The monoisotopic (exact) mass is 636 g/mol. The van der Waals surface area contributed by atoms with Gasteiger partial charge in [-0.1, -0.05) is 97.9 Å². The van der Waals surface area contributed by atoms with Gasteiger partial charge in [0.2, 0.25) is 5.91 Å². The van der Waals surface area contributed by atoms with Gasteiger partial charge >= 0.3 is 5.97 Å². The number of likely N-dealkylation sites (N-methyl/N-ethyl adjacent to an activating group) is 1. The third-order valence-corrected chi connectivity index (χ3v) is 8.61. The van der Waals surface area contributed by atoms with E-state index >= 15 is 0 Å². The highest BCUT2D eigenvalue weighted by Gasteiger charge is 2.39. The molecule has 3 N–H and O–H groups in total. The van der Waals surface area contributed by atoms with Gasteiger partial charge in [-0.3, -0.25) is 14.5 Å². The van der Waals surface area contributed by atoms with Gasteiger partial charge in [-0.05, 0) is 59.0 Å². The molecule has 8 heteroatoms. The second-order valence-corrected chi connectivity index (χ2v) is 12.4. The predicted octanol–water partition coefficient (Wildman–Crippen LogP) is 6.64. The summed E-state index contributed by atoms with van der Waals surface area (Å²) in [6, 6.07) is 34.6. The Balaban J connectivity index is 1.33. The van der Waals surface area contributed by atoms with E-state index in [-0.39, 0.29) is 43.5 Å². The van der Waals surface area contributed by atoms with Crippen LogP contribution in [0.5, 0.6) is 0 Å². The molecular formula is C39H44N2O6. The van der Waals surface area contributed by atoms with Gasteiger partial charge in [-0.25, -0.2) is 0 Å². The number of ether oxygens (including phenoxy) is 2. The predicted molar refractivity (Wildman–Crippen MR) is 181 cm³/mol. The molecule has 4 aromatic carbocycles. The molecule has 1 fully saturated rings. The molecule has 1 aliphatic rings. The Morgan fingerprint density at radius 3 is 2.21 bits per heavy atom. The molecule has 0 aromatic heterocycles. The van der Waals surface area contributed by atoms with Crippen molar-refractivity contribution in [1.82, 2.24) is 10.2 Å². The number of hydrogen-bond donors (Lipinski definition) is 3. The molecule has 0 bridgehead atoms. The first kappa shape index (κ1) is 34.0. The minimum Gasteiger partial charge on any atom is -0.481 e. The van der Waals surface area contributed by atoms with Gasteiger partial charge in [0.1, 0.15) is 0 Å². The van der Waals surface area contributed by atoms with Gasteiger partial charge < -0.3 is 25.0 Å². The van der Waals surface area contributed by atoms with Crippen LogP contribution in [-0.4, -0.2) is 46.7 Å². The fourth-order valence-electron chi connectivity index (χ4n) is 6.01. The lowest BCUT2D eigenvalue weighted by atomic mass is 9.90. The van der Waals surface area contributed by atoms with Gasteiger partial charge in [0, 0.05) is 44.0 Å². The molecule has 4 aromatic rings. The molecule has 246 valence electrons. The number of nitrogens with one attached hydrogen (secondary N) is 1. The lowest BCUT2D eigenvalue weighted by Gasteiger charge is -2.42. The van der Waals surface area contributed by atoms with E-state index in [1.807, 2.05) is 66.7 Å². The van der Waals surface area contributed by atoms with E-state index in [1.165, 1.54) is 5.56 Å². The summed E-state index contributed by atoms with van der Waals surface area (Å²) in [4.78, 5) is 25.2. The minimum absolute atomic E-state index is 0.00679. The van der Waals surface area contributed by atoms with Gasteiger partial charge in [0.05, 0.1) is 18.8 Å². The molecule has 4 atom stereocenters. The molecule has 4 unspecified atom stereocenters. The van der Waals surface area contributed by atoms with Crippen molar-refractivity contribution in [3.05, 3.63) is 131 Å². The smallest absolute Gasteiger partial charge is 0.303 e. The maximum Gasteiger partial charge on any atom is 0.303 e. The summed E-state index contributed by atoms with van der Waals surface area (Å²) in [6.07, 6.45) is -0.411. The number of benzene rings is 4. The number of carboxylic acid groups (broad SMARTS) is 1. The number of aliphatic hydroxyl groups is 1. The summed E-state index contributed by atoms with van der Waals surface area (Å²) < 4.78 is 13.4. The first-order valence-corrected chi connectivity index (χ1v) is 16.2. The highest BCUT2D eigenvalue weighted by Crippen LogP contribution is 2.42. The van der Waals surface area contributed by atoms with Gasteiger partial charge in [0.25, 0.3) is 0 Å². The third-order valence-electron chi connectivity index (χ3n) is 8.61. The zero-order chi connectivity index (χ0) is 33.2. The first-order chi connectivity index (χ1) is 22.8. The number of aliphatic carboxylic acids is 1. The number of carbonyl (C=O) groups is 2. The Hall–Kier alpha value is -4.34. The van der Waals surface area contributed by atoms with Gasteiger partial charge in [-0.15, -0.1) is 0 Å². The Morgan fingerprint density at radius 2 is 1.49 bits per heavy atom. The average Bonchev–Trinajstić information content (AvgIpc) is 3.09. The molecule has 0 spiro atoms. The van der Waals surface area contributed by atoms with Crippen LogP contribution in [0.1, 0.15) is 66.4 Å². The zero-order valence-corrected chi connectivity index (χ0v) is 27.0. The maximum atomic E-state index is 12.2. The number of amides is 1. The fraction of sp³-hybridized carbons (Fsp3) is 0.333. The van der Waals surface area contributed by atoms with Crippen molar-refractivity contribution in [2.75, 3.05) is 13.6 Å². The van der Waals surface area contributed by atoms with E-state index in [0.717, 1.165) is 46.5 Å². The molecule has 1 amide bonds. The standard InChI is InChI=1S/C39H44N2O6/c1-27-35(25-41(2)24-28-9-4-3-5-10-28)46-39(47-38(27)31-19-17-29(26-42)18-20-31)34-14-7-13-33(22-34)32-12-6-11-30(21-32)23-40-36(43)15-8-16-37(44)45/h3-7,9-14,17-22,27,35,38-39,42H,8,15-16,23-26H2,1-2H3,(H,40,43)(H,44,45). The molecule has 0 aliphatic carbocycles. The molecule has 5 rings (SSSR count). The summed E-state index contributed by atoms with van der Waals surface area (Å²) in [5.41, 5.74) is 7.03. The van der Waals surface area contributed by atoms with Crippen LogP contribution in [0.25, 0.3) is 11.1 Å². The van der Waals surface area contributed by atoms with Crippen LogP contribution >= 0.6 is 0 Å². The quantitative estimate of drug-likeness (QED) is 0.142. The molecule has 1 saturated heterocycles. The lowest BCUT2D eigenvalue weighted by Crippen LogP contribution is -2.43. The van der Waals surface area contributed by atoms with Crippen LogP contribution in [0, 0.1) is 5.92 Å². The summed E-state index contributed by atoms with van der Waals surface area (Å²) in [5, 5.41) is 21.3. The summed E-state index contributed by atoms with van der Waals surface area (Å²) in [5.74, 6) is -0.989. The van der Waals surface area contributed by atoms with Crippen molar-refractivity contribution in [2.24, 2.45) is 5.92 Å². The second kappa shape index (κ2) is 16.5. The SMILES string of the molecule is CC1C(CN(C)Cc2ccccc2)OC(c2cccc(-c3cccc(CNC(=O)CCCC(=O)O)c3)c2)OC1c1ccc(CO)cc1. The van der Waals surface area contributed by atoms with Crippen molar-refractivity contribution in [1.29, 1.82) is 0 Å². The van der Waals surface area contributed by atoms with E-state index < -0.39 is 12.3 Å². The number of nitrogens with zero attached hydrogens (tertiary/aromatic N) is 1. The summed E-state index contributed by atoms with van der Waals surface area (Å²) >= 11 is 0. The third kappa shape index (κ3) is 9.59. The van der Waals surface area contributed by atoms with Crippen LogP contribution in [0.4, 0.5) is 0 Å². The van der Waals surface area contributed by atoms with E-state index in [2.05, 4.69) is 60.6 Å². The minimum atomic E-state index is -0.899.